The van der Waals surface area contributed by atoms with Crippen LogP contribution >= 0.6 is 0 Å². The van der Waals surface area contributed by atoms with Crippen molar-refractivity contribution in [2.75, 3.05) is 13.2 Å². The van der Waals surface area contributed by atoms with Crippen molar-refractivity contribution in [1.82, 2.24) is 0 Å². The second-order valence-electron chi connectivity index (χ2n) is 12.6. The molecule has 1 heterocycles. The highest BCUT2D eigenvalue weighted by Gasteiger charge is 2.68. The molecule has 4 rings (SSSR count). The number of hydrogen-bond acceptors (Lipinski definition) is 10. The Morgan fingerprint density at radius 3 is 2.45 bits per heavy atom. The van der Waals surface area contributed by atoms with Gasteiger partial charge in [-0.25, -0.2) is 4.79 Å². The lowest BCUT2D eigenvalue weighted by molar-refractivity contribution is -0.301. The van der Waals surface area contributed by atoms with Crippen LogP contribution in [-0.2, 0) is 23.8 Å². The van der Waals surface area contributed by atoms with Crippen LogP contribution in [0.1, 0.15) is 59.8 Å². The van der Waals surface area contributed by atoms with Crippen molar-refractivity contribution in [2.45, 2.75) is 103 Å². The first-order valence-corrected chi connectivity index (χ1v) is 13.7. The first-order valence-electron chi connectivity index (χ1n) is 13.7. The second-order valence-corrected chi connectivity index (χ2v) is 12.6. The zero-order chi connectivity index (χ0) is 28.2. The normalized spacial score (nSPS) is 51.0. The molecule has 1 saturated heterocycles. The molecule has 0 radical (unpaired) electrons. The monoisotopic (exact) mass is 540 g/mol. The smallest absolute Gasteiger partial charge is 0.332 e. The number of Topliss-reactive ketones (excluding diaryl/α,β-unsaturated/α-hetero) is 1. The van der Waals surface area contributed by atoms with E-state index in [0.717, 1.165) is 12.8 Å². The third-order valence-electron chi connectivity index (χ3n) is 10.8. The highest BCUT2D eigenvalue weighted by atomic mass is 16.7. The van der Waals surface area contributed by atoms with E-state index in [2.05, 4.69) is 13.5 Å². The third kappa shape index (κ3) is 4.46. The summed E-state index contributed by atoms with van der Waals surface area (Å²) in [6.07, 6.45) is -4.15. The predicted octanol–water partition coefficient (Wildman–Crippen LogP) is 0.709. The van der Waals surface area contributed by atoms with E-state index in [1.165, 1.54) is 0 Å². The Morgan fingerprint density at radius 1 is 1.13 bits per heavy atom. The highest BCUT2D eigenvalue weighted by Crippen LogP contribution is 2.68. The van der Waals surface area contributed by atoms with E-state index in [1.54, 1.807) is 6.08 Å². The molecule has 0 amide bonds. The summed E-state index contributed by atoms with van der Waals surface area (Å²) in [5, 5.41) is 51.2. The van der Waals surface area contributed by atoms with E-state index in [-0.39, 0.29) is 35.4 Å². The topological polar surface area (TPSA) is 163 Å². The van der Waals surface area contributed by atoms with Gasteiger partial charge in [-0.1, -0.05) is 33.8 Å². The summed E-state index contributed by atoms with van der Waals surface area (Å²) in [7, 11) is 0. The van der Waals surface area contributed by atoms with Crippen LogP contribution in [0, 0.1) is 34.0 Å². The van der Waals surface area contributed by atoms with Crippen molar-refractivity contribution < 1.29 is 49.3 Å². The van der Waals surface area contributed by atoms with E-state index in [1.807, 2.05) is 20.8 Å². The van der Waals surface area contributed by atoms with Crippen molar-refractivity contribution in [3.63, 3.8) is 0 Å². The van der Waals surface area contributed by atoms with Crippen molar-refractivity contribution in [1.29, 1.82) is 0 Å². The Kier molecular flexibility index (Phi) is 8.20. The Bertz CT molecular complexity index is 923. The second kappa shape index (κ2) is 10.5. The minimum Gasteiger partial charge on any atom is -0.460 e. The molecule has 2 bridgehead atoms. The molecule has 0 aromatic heterocycles. The number of aliphatic hydroxyl groups excluding tert-OH is 5. The van der Waals surface area contributed by atoms with Crippen LogP contribution in [0.25, 0.3) is 0 Å². The number of esters is 1. The van der Waals surface area contributed by atoms with Gasteiger partial charge in [-0.2, -0.15) is 0 Å². The van der Waals surface area contributed by atoms with Gasteiger partial charge >= 0.3 is 5.97 Å². The van der Waals surface area contributed by atoms with Gasteiger partial charge in [-0.15, -0.1) is 6.58 Å². The molecule has 0 aromatic carbocycles. The molecule has 3 saturated carbocycles. The van der Waals surface area contributed by atoms with Gasteiger partial charge in [0.05, 0.1) is 12.7 Å². The largest absolute Gasteiger partial charge is 0.460 e. The van der Waals surface area contributed by atoms with E-state index in [9.17, 15) is 35.1 Å². The molecular weight excluding hydrogens is 496 g/mol. The number of aliphatic hydroxyl groups is 5. The minimum absolute atomic E-state index is 0.0725. The number of hydrogen-bond donors (Lipinski definition) is 5. The molecule has 0 aromatic rings. The van der Waals surface area contributed by atoms with Crippen molar-refractivity contribution >= 4 is 11.8 Å². The fraction of sp³-hybridized carbons (Fsp3) is 0.857. The zero-order valence-electron chi connectivity index (χ0n) is 22.8. The standard InChI is InChI=1S/C28H44O10/c1-6-26(4)11-18(38-19(31)13-36-25-22(34)21(33)20(32)17(12-29)37-25)27(5)14(2)7-9-28(15(3)24(26)35)10-8-16(30)23(27)28/h6,14-15,17-18,20-25,29,32-35H,1,7-13H2,2-5H3/t14-,15+,17?,18-,20?,21?,22?,23?,24?,25?,26-,27+,28+/m1/s1. The van der Waals surface area contributed by atoms with Crippen LogP contribution < -0.4 is 0 Å². The van der Waals surface area contributed by atoms with E-state index < -0.39 is 72.9 Å². The number of carbonyl (C=O) groups excluding carboxylic acids is 2. The third-order valence-corrected chi connectivity index (χ3v) is 10.8. The number of rotatable bonds is 6. The molecule has 0 spiro atoms. The van der Waals surface area contributed by atoms with Gasteiger partial charge in [-0.05, 0) is 42.9 Å². The number of ketones is 1. The number of ether oxygens (including phenoxy) is 3. The maximum Gasteiger partial charge on any atom is 0.332 e. The van der Waals surface area contributed by atoms with Gasteiger partial charge < -0.3 is 39.7 Å². The molecule has 7 unspecified atom stereocenters. The van der Waals surface area contributed by atoms with E-state index >= 15 is 0 Å². The lowest BCUT2D eigenvalue weighted by Gasteiger charge is -2.61. The van der Waals surface area contributed by atoms with Crippen molar-refractivity contribution in [2.24, 2.45) is 34.0 Å². The van der Waals surface area contributed by atoms with Crippen LogP contribution in [0.2, 0.25) is 0 Å². The summed E-state index contributed by atoms with van der Waals surface area (Å²) in [5.41, 5.74) is -1.84. The lowest BCUT2D eigenvalue weighted by Crippen LogP contribution is -2.63. The maximum atomic E-state index is 13.5. The average molecular weight is 541 g/mol. The summed E-state index contributed by atoms with van der Waals surface area (Å²) in [4.78, 5) is 26.6. The van der Waals surface area contributed by atoms with Crippen molar-refractivity contribution in [3.05, 3.63) is 12.7 Å². The predicted molar refractivity (Wildman–Crippen MR) is 134 cm³/mol. The Hall–Kier alpha value is -1.40. The fourth-order valence-corrected chi connectivity index (χ4v) is 8.05. The van der Waals surface area contributed by atoms with Gasteiger partial charge in [0, 0.05) is 23.2 Å². The van der Waals surface area contributed by atoms with Gasteiger partial charge in [0.1, 0.15) is 42.9 Å². The van der Waals surface area contributed by atoms with Gasteiger partial charge in [-0.3, -0.25) is 4.79 Å². The van der Waals surface area contributed by atoms with Crippen LogP contribution in [-0.4, -0.2) is 93.4 Å². The minimum atomic E-state index is -1.64. The maximum absolute atomic E-state index is 13.5. The zero-order valence-corrected chi connectivity index (χ0v) is 22.8. The first-order chi connectivity index (χ1) is 17.8. The molecule has 10 heteroatoms. The lowest BCUT2D eigenvalue weighted by atomic mass is 9.44. The van der Waals surface area contributed by atoms with E-state index in [4.69, 9.17) is 14.2 Å². The van der Waals surface area contributed by atoms with Crippen LogP contribution in [0.5, 0.6) is 0 Å². The van der Waals surface area contributed by atoms with Crippen LogP contribution in [0.3, 0.4) is 0 Å². The fourth-order valence-electron chi connectivity index (χ4n) is 8.05. The summed E-state index contributed by atoms with van der Waals surface area (Å²) in [5.74, 6) is -1.03. The molecule has 4 fully saturated rings. The van der Waals surface area contributed by atoms with Gasteiger partial charge in [0.2, 0.25) is 0 Å². The summed E-state index contributed by atoms with van der Waals surface area (Å²) < 4.78 is 16.8. The average Bonchev–Trinajstić information content (AvgIpc) is 3.25. The molecule has 10 nitrogen and oxygen atoms in total. The molecule has 216 valence electrons. The van der Waals surface area contributed by atoms with Gasteiger partial charge in [0.25, 0.3) is 0 Å². The molecule has 13 atom stereocenters. The quantitative estimate of drug-likeness (QED) is 0.239. The van der Waals surface area contributed by atoms with E-state index in [0.29, 0.717) is 12.8 Å². The number of carbonyl (C=O) groups is 2. The SMILES string of the molecule is C=C[C@]1(C)C[C@@H](OC(=O)COC2OC(CO)C(O)C(O)C2O)[C@@]2(C)C3C(=O)CC[C@@]3(CC[C@H]2C)[C@@H](C)C1O. The van der Waals surface area contributed by atoms with Crippen LogP contribution in [0.4, 0.5) is 0 Å². The summed E-state index contributed by atoms with van der Waals surface area (Å²) >= 11 is 0. The van der Waals surface area contributed by atoms with Crippen LogP contribution in [0.15, 0.2) is 12.7 Å². The summed E-state index contributed by atoms with van der Waals surface area (Å²) in [6, 6.07) is 0. The Morgan fingerprint density at radius 2 is 1.82 bits per heavy atom. The van der Waals surface area contributed by atoms with Crippen molar-refractivity contribution in [3.8, 4) is 0 Å². The Labute approximate surface area is 224 Å². The summed E-state index contributed by atoms with van der Waals surface area (Å²) in [6.45, 7) is 10.8. The molecular formula is C28H44O10. The molecule has 1 aliphatic heterocycles. The highest BCUT2D eigenvalue weighted by molar-refractivity contribution is 5.85. The molecule has 3 aliphatic carbocycles. The molecule has 5 N–H and O–H groups in total. The molecule has 4 aliphatic rings. The first kappa shape index (κ1) is 29.6. The van der Waals surface area contributed by atoms with Gasteiger partial charge in [0.15, 0.2) is 6.29 Å². The Balaban J connectivity index is 1.60. The molecule has 38 heavy (non-hydrogen) atoms.